The van der Waals surface area contributed by atoms with Crippen LogP contribution >= 0.6 is 0 Å². The lowest BCUT2D eigenvalue weighted by molar-refractivity contribution is -0.140. The standard InChI is InChI=1S/C8H14F3NO4S/c1-6(7(13)14)5-12-17(15,16)4-2-3-8(9,10)11/h6,12H,2-5H2,1H3,(H,13,14). The second kappa shape index (κ2) is 6.20. The van der Waals surface area contributed by atoms with E-state index in [4.69, 9.17) is 5.11 Å². The number of hydrogen-bond acceptors (Lipinski definition) is 3. The summed E-state index contributed by atoms with van der Waals surface area (Å²) in [5, 5.41) is 8.48. The summed E-state index contributed by atoms with van der Waals surface area (Å²) in [6.07, 6.45) is -6.10. The molecule has 2 N–H and O–H groups in total. The van der Waals surface area contributed by atoms with Crippen molar-refractivity contribution in [3.05, 3.63) is 0 Å². The summed E-state index contributed by atoms with van der Waals surface area (Å²) in [6, 6.07) is 0. The van der Waals surface area contributed by atoms with Crippen LogP contribution in [0.15, 0.2) is 0 Å². The van der Waals surface area contributed by atoms with Crippen molar-refractivity contribution in [3.63, 3.8) is 0 Å². The van der Waals surface area contributed by atoms with E-state index in [-0.39, 0.29) is 6.54 Å². The molecule has 0 aromatic heterocycles. The van der Waals surface area contributed by atoms with E-state index in [0.717, 1.165) is 0 Å². The van der Waals surface area contributed by atoms with E-state index >= 15 is 0 Å². The summed E-state index contributed by atoms with van der Waals surface area (Å²) in [5.41, 5.74) is 0. The molecule has 9 heteroatoms. The van der Waals surface area contributed by atoms with Crippen molar-refractivity contribution in [2.75, 3.05) is 12.3 Å². The number of carbonyl (C=O) groups is 1. The average Bonchev–Trinajstić information content (AvgIpc) is 2.11. The van der Waals surface area contributed by atoms with Gasteiger partial charge in [0.15, 0.2) is 0 Å². The zero-order valence-electron chi connectivity index (χ0n) is 9.12. The fourth-order valence-electron chi connectivity index (χ4n) is 0.874. The smallest absolute Gasteiger partial charge is 0.389 e. The van der Waals surface area contributed by atoms with Crippen molar-refractivity contribution in [3.8, 4) is 0 Å². The van der Waals surface area contributed by atoms with Crippen molar-refractivity contribution in [2.24, 2.45) is 5.92 Å². The Morgan fingerprint density at radius 2 is 1.94 bits per heavy atom. The molecule has 0 aliphatic carbocycles. The second-order valence-corrected chi connectivity index (χ2v) is 5.55. The Balaban J connectivity index is 4.01. The maximum atomic E-state index is 11.8. The topological polar surface area (TPSA) is 83.5 Å². The fraction of sp³-hybridized carbons (Fsp3) is 0.875. The normalized spacial score (nSPS) is 14.6. The highest BCUT2D eigenvalue weighted by Crippen LogP contribution is 2.21. The van der Waals surface area contributed by atoms with Crippen LogP contribution in [0.25, 0.3) is 0 Å². The van der Waals surface area contributed by atoms with Gasteiger partial charge < -0.3 is 5.11 Å². The highest BCUT2D eigenvalue weighted by Gasteiger charge is 2.27. The highest BCUT2D eigenvalue weighted by atomic mass is 32.2. The molecule has 0 heterocycles. The summed E-state index contributed by atoms with van der Waals surface area (Å²) in [6.45, 7) is 0.963. The Morgan fingerprint density at radius 3 is 2.35 bits per heavy atom. The van der Waals surface area contributed by atoms with Gasteiger partial charge in [-0.25, -0.2) is 13.1 Å². The molecule has 0 aromatic carbocycles. The monoisotopic (exact) mass is 277 g/mol. The zero-order chi connectivity index (χ0) is 13.7. The van der Waals surface area contributed by atoms with Gasteiger partial charge in [0.25, 0.3) is 0 Å². The molecule has 0 radical (unpaired) electrons. The number of carboxylic acids is 1. The Hall–Kier alpha value is -0.830. The van der Waals surface area contributed by atoms with Crippen LogP contribution in [0.1, 0.15) is 19.8 Å². The summed E-state index contributed by atoms with van der Waals surface area (Å²) in [7, 11) is -3.85. The summed E-state index contributed by atoms with van der Waals surface area (Å²) >= 11 is 0. The van der Waals surface area contributed by atoms with E-state index in [1.807, 2.05) is 4.72 Å². The molecular formula is C8H14F3NO4S. The summed E-state index contributed by atoms with van der Waals surface area (Å²) < 4.78 is 59.6. The Bertz CT molecular complexity index is 352. The van der Waals surface area contributed by atoms with Crippen LogP contribution in [-0.4, -0.2) is 38.0 Å². The zero-order valence-corrected chi connectivity index (χ0v) is 9.94. The van der Waals surface area contributed by atoms with Crippen LogP contribution in [0.2, 0.25) is 0 Å². The molecule has 0 rings (SSSR count). The van der Waals surface area contributed by atoms with Gasteiger partial charge in [0.05, 0.1) is 11.7 Å². The first-order valence-corrected chi connectivity index (χ1v) is 6.45. The fourth-order valence-corrected chi connectivity index (χ4v) is 2.05. The van der Waals surface area contributed by atoms with E-state index in [1.165, 1.54) is 6.92 Å². The van der Waals surface area contributed by atoms with E-state index in [9.17, 15) is 26.4 Å². The number of nitrogens with one attached hydrogen (secondary N) is 1. The first-order valence-electron chi connectivity index (χ1n) is 4.80. The largest absolute Gasteiger partial charge is 0.481 e. The van der Waals surface area contributed by atoms with Crippen LogP contribution in [0.3, 0.4) is 0 Å². The molecule has 0 spiro atoms. The molecule has 0 aliphatic heterocycles. The number of aliphatic carboxylic acids is 1. The van der Waals surface area contributed by atoms with Gasteiger partial charge in [-0.2, -0.15) is 13.2 Å². The van der Waals surface area contributed by atoms with E-state index in [2.05, 4.69) is 0 Å². The third-order valence-corrected chi connectivity index (χ3v) is 3.34. The molecular weight excluding hydrogens is 263 g/mol. The lowest BCUT2D eigenvalue weighted by Gasteiger charge is -2.10. The van der Waals surface area contributed by atoms with Crippen molar-refractivity contribution in [1.29, 1.82) is 0 Å². The lowest BCUT2D eigenvalue weighted by atomic mass is 10.2. The first-order chi connectivity index (χ1) is 7.53. The van der Waals surface area contributed by atoms with Crippen LogP contribution < -0.4 is 4.72 Å². The third kappa shape index (κ3) is 8.93. The Morgan fingerprint density at radius 1 is 1.41 bits per heavy atom. The molecule has 5 nitrogen and oxygen atoms in total. The summed E-state index contributed by atoms with van der Waals surface area (Å²) in [4.78, 5) is 10.4. The van der Waals surface area contributed by atoms with Gasteiger partial charge in [0.1, 0.15) is 0 Å². The molecule has 1 atom stereocenters. The maximum absolute atomic E-state index is 11.8. The maximum Gasteiger partial charge on any atom is 0.389 e. The first kappa shape index (κ1) is 16.2. The van der Waals surface area contributed by atoms with E-state index in [0.29, 0.717) is 0 Å². The summed E-state index contributed by atoms with van der Waals surface area (Å²) in [5.74, 6) is -2.77. The molecule has 17 heavy (non-hydrogen) atoms. The second-order valence-electron chi connectivity index (χ2n) is 3.63. The quantitative estimate of drug-likeness (QED) is 0.726. The SMILES string of the molecule is CC(CNS(=O)(=O)CCCC(F)(F)F)C(=O)O. The van der Waals surface area contributed by atoms with E-state index < -0.39 is 46.7 Å². The number of halogens is 3. The van der Waals surface area contributed by atoms with Gasteiger partial charge in [-0.15, -0.1) is 0 Å². The highest BCUT2D eigenvalue weighted by molar-refractivity contribution is 7.89. The lowest BCUT2D eigenvalue weighted by Crippen LogP contribution is -2.33. The molecule has 102 valence electrons. The van der Waals surface area contributed by atoms with Crippen molar-refractivity contribution in [2.45, 2.75) is 25.9 Å². The van der Waals surface area contributed by atoms with Gasteiger partial charge in [-0.3, -0.25) is 4.79 Å². The minimum atomic E-state index is -4.39. The molecule has 0 aliphatic rings. The van der Waals surface area contributed by atoms with Gasteiger partial charge in [0.2, 0.25) is 10.0 Å². The molecule has 0 amide bonds. The van der Waals surface area contributed by atoms with Crippen LogP contribution in [0, 0.1) is 5.92 Å². The number of hydrogen-bond donors (Lipinski definition) is 2. The predicted octanol–water partition coefficient (Wildman–Crippen LogP) is 0.969. The number of alkyl halides is 3. The number of carboxylic acid groups (broad SMARTS) is 1. The minimum Gasteiger partial charge on any atom is -0.481 e. The molecule has 0 saturated heterocycles. The molecule has 0 saturated carbocycles. The van der Waals surface area contributed by atoms with Gasteiger partial charge >= 0.3 is 12.1 Å². The van der Waals surface area contributed by atoms with Gasteiger partial charge in [-0.05, 0) is 6.42 Å². The van der Waals surface area contributed by atoms with Gasteiger partial charge in [0, 0.05) is 13.0 Å². The van der Waals surface area contributed by atoms with Crippen molar-refractivity contribution >= 4 is 16.0 Å². The van der Waals surface area contributed by atoms with Gasteiger partial charge in [-0.1, -0.05) is 6.92 Å². The van der Waals surface area contributed by atoms with Crippen molar-refractivity contribution < 1.29 is 31.5 Å². The third-order valence-electron chi connectivity index (χ3n) is 1.90. The predicted molar refractivity (Wildman–Crippen MR) is 53.9 cm³/mol. The average molecular weight is 277 g/mol. The molecule has 0 aromatic rings. The molecule has 1 unspecified atom stereocenters. The van der Waals surface area contributed by atoms with Crippen molar-refractivity contribution in [1.82, 2.24) is 4.72 Å². The van der Waals surface area contributed by atoms with Crippen LogP contribution in [0.5, 0.6) is 0 Å². The molecule has 0 fully saturated rings. The Labute approximate surface area is 97.1 Å². The number of sulfonamides is 1. The van der Waals surface area contributed by atoms with Crippen LogP contribution in [0.4, 0.5) is 13.2 Å². The van der Waals surface area contributed by atoms with E-state index in [1.54, 1.807) is 0 Å². The number of rotatable bonds is 7. The van der Waals surface area contributed by atoms with Crippen LogP contribution in [-0.2, 0) is 14.8 Å². The minimum absolute atomic E-state index is 0.330. The Kier molecular flexibility index (Phi) is 5.89. The molecule has 0 bridgehead atoms.